The number of H-pyrrole nitrogens is 1. The molecule has 1 atom stereocenters. The summed E-state index contributed by atoms with van der Waals surface area (Å²) in [7, 11) is 0. The van der Waals surface area contributed by atoms with E-state index in [1.54, 1.807) is 11.3 Å². The first-order valence-electron chi connectivity index (χ1n) is 6.26. The van der Waals surface area contributed by atoms with Crippen molar-refractivity contribution < 1.29 is 0 Å². The number of fused-ring (bicyclic) bond motifs is 1. The number of aromatic amines is 1. The topological polar surface area (TPSA) is 53.6 Å². The van der Waals surface area contributed by atoms with Gasteiger partial charge >= 0.3 is 0 Å². The fourth-order valence-electron chi connectivity index (χ4n) is 2.16. The van der Waals surface area contributed by atoms with Crippen molar-refractivity contribution in [3.05, 3.63) is 40.7 Å². The van der Waals surface area contributed by atoms with Gasteiger partial charge in [-0.15, -0.1) is 11.3 Å². The summed E-state index contributed by atoms with van der Waals surface area (Å²) in [6.45, 7) is 6.16. The fraction of sp³-hybridized carbons (Fsp3) is 0.286. The first kappa shape index (κ1) is 12.2. The van der Waals surface area contributed by atoms with Crippen LogP contribution in [0.15, 0.2) is 23.7 Å². The smallest absolute Gasteiger partial charge is 0.0825 e. The summed E-state index contributed by atoms with van der Waals surface area (Å²) in [5, 5.41) is 12.8. The van der Waals surface area contributed by atoms with Crippen molar-refractivity contribution in [2.24, 2.45) is 0 Å². The number of pyridine rings is 1. The lowest BCUT2D eigenvalue weighted by atomic mass is 10.1. The normalized spacial score (nSPS) is 12.8. The van der Waals surface area contributed by atoms with Gasteiger partial charge in [-0.1, -0.05) is 0 Å². The Morgan fingerprint density at radius 2 is 2.21 bits per heavy atom. The van der Waals surface area contributed by atoms with Crippen molar-refractivity contribution in [3.63, 3.8) is 0 Å². The lowest BCUT2D eigenvalue weighted by Crippen LogP contribution is -2.08. The maximum atomic E-state index is 4.48. The van der Waals surface area contributed by atoms with Crippen LogP contribution >= 0.6 is 11.3 Å². The van der Waals surface area contributed by atoms with Crippen LogP contribution in [0, 0.1) is 13.8 Å². The molecule has 0 saturated heterocycles. The van der Waals surface area contributed by atoms with Crippen LogP contribution in [0.5, 0.6) is 0 Å². The highest BCUT2D eigenvalue weighted by molar-refractivity contribution is 7.17. The number of anilines is 1. The second kappa shape index (κ2) is 4.66. The van der Waals surface area contributed by atoms with Gasteiger partial charge in [0.05, 0.1) is 33.3 Å². The molecule has 0 aliphatic heterocycles. The van der Waals surface area contributed by atoms with Gasteiger partial charge in [-0.25, -0.2) is 0 Å². The number of nitrogens with one attached hydrogen (secondary N) is 2. The molecule has 4 nitrogen and oxygen atoms in total. The van der Waals surface area contributed by atoms with Gasteiger partial charge in [0.2, 0.25) is 0 Å². The molecule has 5 heteroatoms. The first-order chi connectivity index (χ1) is 9.15. The van der Waals surface area contributed by atoms with E-state index >= 15 is 0 Å². The lowest BCUT2D eigenvalue weighted by Gasteiger charge is -2.15. The molecule has 0 amide bonds. The van der Waals surface area contributed by atoms with Crippen LogP contribution < -0.4 is 5.32 Å². The molecule has 0 aliphatic rings. The molecule has 1 unspecified atom stereocenters. The summed E-state index contributed by atoms with van der Waals surface area (Å²) in [4.78, 5) is 4.48. The van der Waals surface area contributed by atoms with Crippen molar-refractivity contribution in [2.45, 2.75) is 26.8 Å². The van der Waals surface area contributed by atoms with Gasteiger partial charge in [0, 0.05) is 6.20 Å². The molecule has 0 bridgehead atoms. The SMILES string of the molecule is Cc1n[nH]c(C)c1NC(C)c1cnc2ccsc2c1. The summed E-state index contributed by atoms with van der Waals surface area (Å²) in [5.74, 6) is 0. The molecule has 19 heavy (non-hydrogen) atoms. The Hall–Kier alpha value is -1.88. The predicted molar refractivity (Wildman–Crippen MR) is 79.7 cm³/mol. The van der Waals surface area contributed by atoms with E-state index in [-0.39, 0.29) is 6.04 Å². The number of nitrogens with zero attached hydrogens (tertiary/aromatic N) is 2. The molecule has 0 fully saturated rings. The number of hydrogen-bond acceptors (Lipinski definition) is 4. The highest BCUT2D eigenvalue weighted by atomic mass is 32.1. The zero-order valence-electron chi connectivity index (χ0n) is 11.2. The monoisotopic (exact) mass is 272 g/mol. The summed E-state index contributed by atoms with van der Waals surface area (Å²) in [5.41, 5.74) is 5.40. The van der Waals surface area contributed by atoms with Crippen LogP contribution in [0.1, 0.15) is 29.9 Å². The third-order valence-corrected chi connectivity index (χ3v) is 4.17. The van der Waals surface area contributed by atoms with Gasteiger partial charge in [-0.2, -0.15) is 5.10 Å². The molecule has 3 aromatic heterocycles. The van der Waals surface area contributed by atoms with Gasteiger partial charge in [-0.05, 0) is 43.8 Å². The van der Waals surface area contributed by atoms with Gasteiger partial charge in [0.1, 0.15) is 0 Å². The first-order valence-corrected chi connectivity index (χ1v) is 7.14. The number of aryl methyl sites for hydroxylation is 2. The number of rotatable bonds is 3. The van der Waals surface area contributed by atoms with Crippen molar-refractivity contribution in [1.29, 1.82) is 0 Å². The summed E-state index contributed by atoms with van der Waals surface area (Å²) >= 11 is 1.72. The van der Waals surface area contributed by atoms with E-state index in [9.17, 15) is 0 Å². The molecule has 2 N–H and O–H groups in total. The van der Waals surface area contributed by atoms with E-state index in [1.165, 1.54) is 10.3 Å². The maximum absolute atomic E-state index is 4.48. The molecule has 0 radical (unpaired) electrons. The average Bonchev–Trinajstić information content (AvgIpc) is 2.99. The van der Waals surface area contributed by atoms with E-state index in [1.807, 2.05) is 26.1 Å². The molecule has 98 valence electrons. The number of thiophene rings is 1. The van der Waals surface area contributed by atoms with Crippen LogP contribution in [0.4, 0.5) is 5.69 Å². The molecular weight excluding hydrogens is 256 g/mol. The van der Waals surface area contributed by atoms with Gasteiger partial charge in [0.15, 0.2) is 0 Å². The van der Waals surface area contributed by atoms with Crippen molar-refractivity contribution in [1.82, 2.24) is 15.2 Å². The Morgan fingerprint density at radius 3 is 2.95 bits per heavy atom. The zero-order valence-corrected chi connectivity index (χ0v) is 12.0. The van der Waals surface area contributed by atoms with Crippen molar-refractivity contribution in [3.8, 4) is 0 Å². The van der Waals surface area contributed by atoms with E-state index in [0.29, 0.717) is 0 Å². The van der Waals surface area contributed by atoms with Crippen molar-refractivity contribution >= 4 is 27.2 Å². The Bertz CT molecular complexity index is 694. The number of aromatic nitrogens is 3. The minimum absolute atomic E-state index is 0.203. The standard InChI is InChI=1S/C14H16N4S/c1-8(16-14-9(2)17-18-10(14)3)11-6-13-12(15-7-11)4-5-19-13/h4-8,16H,1-3H3,(H,17,18). The summed E-state index contributed by atoms with van der Waals surface area (Å²) < 4.78 is 1.23. The van der Waals surface area contributed by atoms with E-state index in [0.717, 1.165) is 22.6 Å². The van der Waals surface area contributed by atoms with E-state index in [4.69, 9.17) is 0 Å². The Balaban J connectivity index is 1.89. The molecule has 0 spiro atoms. The third-order valence-electron chi connectivity index (χ3n) is 3.31. The maximum Gasteiger partial charge on any atom is 0.0825 e. The van der Waals surface area contributed by atoms with E-state index < -0.39 is 0 Å². The van der Waals surface area contributed by atoms with Gasteiger partial charge in [-0.3, -0.25) is 10.1 Å². The highest BCUT2D eigenvalue weighted by Gasteiger charge is 2.12. The second-order valence-electron chi connectivity index (χ2n) is 4.75. The fourth-order valence-corrected chi connectivity index (χ4v) is 2.95. The molecule has 3 aromatic rings. The van der Waals surface area contributed by atoms with Crippen LogP contribution in [-0.4, -0.2) is 15.2 Å². The Labute approximate surface area is 115 Å². The number of hydrogen-bond donors (Lipinski definition) is 2. The summed E-state index contributed by atoms with van der Waals surface area (Å²) in [6.07, 6.45) is 1.94. The third kappa shape index (κ3) is 2.21. The lowest BCUT2D eigenvalue weighted by molar-refractivity contribution is 0.876. The minimum Gasteiger partial charge on any atom is -0.375 e. The molecule has 0 aliphatic carbocycles. The average molecular weight is 272 g/mol. The quantitative estimate of drug-likeness (QED) is 0.762. The van der Waals surface area contributed by atoms with Crippen LogP contribution in [0.25, 0.3) is 10.2 Å². The minimum atomic E-state index is 0.203. The van der Waals surface area contributed by atoms with Crippen molar-refractivity contribution in [2.75, 3.05) is 5.32 Å². The molecular formula is C14H16N4S. The zero-order chi connectivity index (χ0) is 13.4. The Kier molecular flexibility index (Phi) is 2.98. The van der Waals surface area contributed by atoms with Gasteiger partial charge < -0.3 is 5.32 Å². The van der Waals surface area contributed by atoms with Crippen LogP contribution in [0.3, 0.4) is 0 Å². The van der Waals surface area contributed by atoms with Gasteiger partial charge in [0.25, 0.3) is 0 Å². The molecule has 0 saturated carbocycles. The largest absolute Gasteiger partial charge is 0.375 e. The second-order valence-corrected chi connectivity index (χ2v) is 5.70. The molecule has 0 aromatic carbocycles. The molecule has 3 rings (SSSR count). The Morgan fingerprint density at radius 1 is 1.37 bits per heavy atom. The van der Waals surface area contributed by atoms with E-state index in [2.05, 4.69) is 38.9 Å². The summed E-state index contributed by atoms with van der Waals surface area (Å²) in [6, 6.07) is 4.45. The molecule has 3 heterocycles. The predicted octanol–water partition coefficient (Wildman–Crippen LogP) is 3.81. The van der Waals surface area contributed by atoms with Crippen LogP contribution in [-0.2, 0) is 0 Å². The van der Waals surface area contributed by atoms with Crippen LogP contribution in [0.2, 0.25) is 0 Å². The highest BCUT2D eigenvalue weighted by Crippen LogP contribution is 2.26.